The molecule has 19 heavy (non-hydrogen) atoms. The summed E-state index contributed by atoms with van der Waals surface area (Å²) in [5.41, 5.74) is 6.12. The fraction of sp³-hybridized carbons (Fsp3) is 0.357. The first kappa shape index (κ1) is 11.5. The van der Waals surface area contributed by atoms with Gasteiger partial charge in [0.2, 0.25) is 0 Å². The summed E-state index contributed by atoms with van der Waals surface area (Å²) in [6.45, 7) is 1.59. The summed E-state index contributed by atoms with van der Waals surface area (Å²) in [5.74, 6) is 0.535. The van der Waals surface area contributed by atoms with Crippen LogP contribution >= 0.6 is 0 Å². The second kappa shape index (κ2) is 3.85. The number of rotatable bonds is 2. The summed E-state index contributed by atoms with van der Waals surface area (Å²) in [6.07, 6.45) is 4.64. The number of pyridine rings is 1. The number of fused-ring (bicyclic) bond motifs is 2. The molecule has 0 radical (unpaired) electrons. The molecule has 0 bridgehead atoms. The van der Waals surface area contributed by atoms with E-state index in [1.165, 1.54) is 0 Å². The molecule has 0 spiro atoms. The van der Waals surface area contributed by atoms with Crippen LogP contribution in [0.1, 0.15) is 6.42 Å². The third-order valence-corrected chi connectivity index (χ3v) is 5.72. The number of hydrogen-bond donors (Lipinski definition) is 1. The lowest BCUT2D eigenvalue weighted by Gasteiger charge is -2.18. The predicted molar refractivity (Wildman–Crippen MR) is 74.7 cm³/mol. The standard InChI is InChI=1S/C14H15N3OS/c15-14-6-11(14)8-17(9-14)19(18)13-3-1-2-10-7-16-5-4-12(10)13/h1-5,7,11H,6,8-9,15H2. The molecule has 1 saturated carbocycles. The van der Waals surface area contributed by atoms with Gasteiger partial charge in [-0.25, -0.2) is 8.51 Å². The van der Waals surface area contributed by atoms with Crippen LogP contribution in [0.4, 0.5) is 0 Å². The van der Waals surface area contributed by atoms with Gasteiger partial charge in [-0.1, -0.05) is 12.1 Å². The first-order valence-corrected chi connectivity index (χ1v) is 7.56. The average Bonchev–Trinajstić information content (AvgIpc) is 2.95. The third kappa shape index (κ3) is 1.73. The predicted octanol–water partition coefficient (Wildman–Crippen LogP) is 1.29. The first-order valence-electron chi connectivity index (χ1n) is 6.46. The van der Waals surface area contributed by atoms with E-state index >= 15 is 0 Å². The van der Waals surface area contributed by atoms with Crippen LogP contribution in [0, 0.1) is 5.92 Å². The van der Waals surface area contributed by atoms with Gasteiger partial charge in [0.1, 0.15) is 11.0 Å². The van der Waals surface area contributed by atoms with Gasteiger partial charge >= 0.3 is 0 Å². The monoisotopic (exact) mass is 273 g/mol. The number of nitrogens with two attached hydrogens (primary N) is 1. The van der Waals surface area contributed by atoms with Crippen molar-refractivity contribution in [2.24, 2.45) is 11.7 Å². The Balaban J connectivity index is 1.73. The van der Waals surface area contributed by atoms with Crippen LogP contribution < -0.4 is 5.73 Å². The summed E-state index contributed by atoms with van der Waals surface area (Å²) in [6, 6.07) is 7.80. The molecule has 2 heterocycles. The van der Waals surface area contributed by atoms with Crippen LogP contribution in [-0.2, 0) is 11.0 Å². The van der Waals surface area contributed by atoms with Crippen molar-refractivity contribution in [1.82, 2.24) is 9.29 Å². The maximum atomic E-state index is 12.7. The Hall–Kier alpha value is -1.30. The molecule has 3 atom stereocenters. The molecule has 1 aliphatic heterocycles. The van der Waals surface area contributed by atoms with Gasteiger partial charge in [-0.3, -0.25) is 4.98 Å². The van der Waals surface area contributed by atoms with Crippen molar-refractivity contribution in [3.05, 3.63) is 36.7 Å². The van der Waals surface area contributed by atoms with Gasteiger partial charge < -0.3 is 5.73 Å². The SMILES string of the molecule is NC12CC1CN(S(=O)c1cccc3cnccc13)C2. The van der Waals surface area contributed by atoms with E-state index in [-0.39, 0.29) is 5.54 Å². The molecular weight excluding hydrogens is 258 g/mol. The molecule has 1 saturated heterocycles. The van der Waals surface area contributed by atoms with E-state index in [1.807, 2.05) is 34.8 Å². The van der Waals surface area contributed by atoms with Crippen molar-refractivity contribution >= 4 is 21.8 Å². The normalized spacial score (nSPS) is 31.3. The molecule has 2 aliphatic rings. The van der Waals surface area contributed by atoms with Gasteiger partial charge in [0.05, 0.1) is 4.90 Å². The second-order valence-electron chi connectivity index (χ2n) is 5.56. The van der Waals surface area contributed by atoms with Gasteiger partial charge in [-0.15, -0.1) is 0 Å². The molecule has 1 aliphatic carbocycles. The van der Waals surface area contributed by atoms with Crippen LogP contribution in [-0.4, -0.2) is 32.1 Å². The van der Waals surface area contributed by atoms with Gasteiger partial charge in [0.25, 0.3) is 0 Å². The molecule has 4 nitrogen and oxygen atoms in total. The minimum absolute atomic E-state index is 0.0677. The fourth-order valence-corrected chi connectivity index (χ4v) is 4.51. The molecular formula is C14H15N3OS. The number of aromatic nitrogens is 1. The maximum Gasteiger partial charge on any atom is 0.128 e. The molecule has 1 aromatic heterocycles. The highest BCUT2D eigenvalue weighted by atomic mass is 32.2. The quantitative estimate of drug-likeness (QED) is 0.897. The van der Waals surface area contributed by atoms with Crippen molar-refractivity contribution in [1.29, 1.82) is 0 Å². The van der Waals surface area contributed by atoms with E-state index in [2.05, 4.69) is 4.98 Å². The van der Waals surface area contributed by atoms with E-state index in [4.69, 9.17) is 5.73 Å². The largest absolute Gasteiger partial charge is 0.324 e. The number of piperidine rings is 1. The molecule has 5 heteroatoms. The van der Waals surface area contributed by atoms with Crippen LogP contribution in [0.25, 0.3) is 10.8 Å². The van der Waals surface area contributed by atoms with Gasteiger partial charge in [0, 0.05) is 41.8 Å². The van der Waals surface area contributed by atoms with E-state index in [0.717, 1.165) is 35.2 Å². The van der Waals surface area contributed by atoms with Crippen molar-refractivity contribution in [2.45, 2.75) is 16.9 Å². The number of benzene rings is 1. The Labute approximate surface area is 114 Å². The maximum absolute atomic E-state index is 12.7. The average molecular weight is 273 g/mol. The summed E-state index contributed by atoms with van der Waals surface area (Å²) >= 11 is 0. The number of hydrogen-bond acceptors (Lipinski definition) is 3. The Morgan fingerprint density at radius 3 is 3.11 bits per heavy atom. The zero-order valence-electron chi connectivity index (χ0n) is 10.5. The lowest BCUT2D eigenvalue weighted by molar-refractivity contribution is 0.471. The third-order valence-electron chi connectivity index (χ3n) is 4.24. The van der Waals surface area contributed by atoms with Crippen LogP contribution in [0.2, 0.25) is 0 Å². The second-order valence-corrected chi connectivity index (χ2v) is 7.01. The zero-order valence-corrected chi connectivity index (χ0v) is 11.3. The molecule has 0 amide bonds. The van der Waals surface area contributed by atoms with E-state index in [1.54, 1.807) is 6.20 Å². The summed E-state index contributed by atoms with van der Waals surface area (Å²) < 4.78 is 14.7. The highest BCUT2D eigenvalue weighted by Gasteiger charge is 2.58. The van der Waals surface area contributed by atoms with Crippen molar-refractivity contribution in [2.75, 3.05) is 13.1 Å². The van der Waals surface area contributed by atoms with Crippen molar-refractivity contribution in [3.8, 4) is 0 Å². The molecule has 4 rings (SSSR count). The molecule has 2 aromatic rings. The molecule has 2 N–H and O–H groups in total. The van der Waals surface area contributed by atoms with Crippen LogP contribution in [0.15, 0.2) is 41.6 Å². The highest BCUT2D eigenvalue weighted by molar-refractivity contribution is 7.83. The van der Waals surface area contributed by atoms with Crippen molar-refractivity contribution < 1.29 is 4.21 Å². The van der Waals surface area contributed by atoms with Crippen LogP contribution in [0.5, 0.6) is 0 Å². The van der Waals surface area contributed by atoms with Crippen LogP contribution in [0.3, 0.4) is 0 Å². The van der Waals surface area contributed by atoms with Gasteiger partial charge in [-0.2, -0.15) is 0 Å². The van der Waals surface area contributed by atoms with E-state index in [9.17, 15) is 4.21 Å². The fourth-order valence-electron chi connectivity index (χ4n) is 2.99. The topological polar surface area (TPSA) is 59.2 Å². The lowest BCUT2D eigenvalue weighted by atomic mass is 10.2. The lowest BCUT2D eigenvalue weighted by Crippen LogP contribution is -2.34. The Morgan fingerprint density at radius 2 is 2.32 bits per heavy atom. The first-order chi connectivity index (χ1) is 9.17. The Kier molecular flexibility index (Phi) is 2.33. The van der Waals surface area contributed by atoms with Crippen molar-refractivity contribution in [3.63, 3.8) is 0 Å². The molecule has 98 valence electrons. The van der Waals surface area contributed by atoms with E-state index < -0.39 is 11.0 Å². The van der Waals surface area contributed by atoms with Gasteiger partial charge in [0.15, 0.2) is 0 Å². The Bertz CT molecular complexity index is 684. The molecule has 1 aromatic carbocycles. The minimum Gasteiger partial charge on any atom is -0.324 e. The number of nitrogens with zero attached hydrogens (tertiary/aromatic N) is 2. The highest BCUT2D eigenvalue weighted by Crippen LogP contribution is 2.48. The molecule has 3 unspecified atom stereocenters. The van der Waals surface area contributed by atoms with Gasteiger partial charge in [-0.05, 0) is 24.5 Å². The summed E-state index contributed by atoms with van der Waals surface area (Å²) in [5, 5.41) is 2.04. The smallest absolute Gasteiger partial charge is 0.128 e. The minimum atomic E-state index is -1.12. The summed E-state index contributed by atoms with van der Waals surface area (Å²) in [4.78, 5) is 4.97. The zero-order chi connectivity index (χ0) is 13.0. The summed E-state index contributed by atoms with van der Waals surface area (Å²) in [7, 11) is -1.12. The molecule has 2 fully saturated rings. The Morgan fingerprint density at radius 1 is 1.42 bits per heavy atom. The van der Waals surface area contributed by atoms with E-state index in [0.29, 0.717) is 5.92 Å².